The van der Waals surface area contributed by atoms with Crippen molar-refractivity contribution in [3.05, 3.63) is 114 Å². The lowest BCUT2D eigenvalue weighted by atomic mass is 10.1. The monoisotopic (exact) mass is 609 g/mol. The van der Waals surface area contributed by atoms with E-state index in [1.807, 2.05) is 0 Å². The molecule has 0 bridgehead atoms. The van der Waals surface area contributed by atoms with Crippen molar-refractivity contribution in [3.8, 4) is 5.88 Å². The number of hydrogen-bond acceptors (Lipinski definition) is 12. The van der Waals surface area contributed by atoms with Crippen molar-refractivity contribution in [2.45, 2.75) is 24.5 Å². The van der Waals surface area contributed by atoms with E-state index >= 15 is 0 Å². The van der Waals surface area contributed by atoms with Gasteiger partial charge in [-0.1, -0.05) is 54.6 Å². The molecule has 228 valence electrons. The number of benzene rings is 3. The normalized spacial score (nSPS) is 19.1. The molecule has 0 spiro atoms. The summed E-state index contributed by atoms with van der Waals surface area (Å²) in [6, 6.07) is 25.0. The number of nitrogens with zero attached hydrogens (tertiary/aromatic N) is 4. The molecule has 1 fully saturated rings. The first-order chi connectivity index (χ1) is 21.9. The fourth-order valence-corrected chi connectivity index (χ4v) is 4.87. The van der Waals surface area contributed by atoms with Gasteiger partial charge in [0.2, 0.25) is 11.8 Å². The number of aromatic nitrogens is 4. The number of fused-ring (bicyclic) bond motifs is 1. The van der Waals surface area contributed by atoms with E-state index in [-0.39, 0.29) is 35.2 Å². The largest absolute Gasteiger partial charge is 0.480 e. The molecule has 2 N–H and O–H groups in total. The fraction of sp³-hybridized carbons (Fsp3) is 0.188. The zero-order valence-electron chi connectivity index (χ0n) is 23.9. The summed E-state index contributed by atoms with van der Waals surface area (Å²) >= 11 is 0. The second kappa shape index (κ2) is 12.8. The maximum absolute atomic E-state index is 13.4. The van der Waals surface area contributed by atoms with Crippen LogP contribution in [0.4, 0.5) is 5.95 Å². The summed E-state index contributed by atoms with van der Waals surface area (Å²) in [4.78, 5) is 47.8. The lowest BCUT2D eigenvalue weighted by molar-refractivity contribution is -0.0668. The van der Waals surface area contributed by atoms with Crippen molar-refractivity contribution in [1.29, 1.82) is 0 Å². The highest BCUT2D eigenvalue weighted by Gasteiger charge is 2.52. The molecule has 13 heteroatoms. The van der Waals surface area contributed by atoms with Gasteiger partial charge in [-0.3, -0.25) is 0 Å². The second-order valence-electron chi connectivity index (χ2n) is 9.94. The van der Waals surface area contributed by atoms with E-state index in [2.05, 4.69) is 15.1 Å². The molecule has 0 saturated carbocycles. The number of nitrogens with two attached hydrogens (primary N) is 1. The molecule has 0 unspecified atom stereocenters. The number of carbonyl (C=O) groups excluding carboxylic acids is 3. The van der Waals surface area contributed by atoms with Crippen LogP contribution in [0.25, 0.3) is 11.0 Å². The van der Waals surface area contributed by atoms with E-state index < -0.39 is 42.4 Å². The minimum Gasteiger partial charge on any atom is -0.480 e. The number of anilines is 1. The number of methoxy groups -OCH3 is 1. The second-order valence-corrected chi connectivity index (χ2v) is 9.94. The molecule has 0 aliphatic carbocycles. The number of nitrogen functional groups attached to an aromatic ring is 1. The maximum Gasteiger partial charge on any atom is 0.338 e. The van der Waals surface area contributed by atoms with Crippen LogP contribution < -0.4 is 10.5 Å². The van der Waals surface area contributed by atoms with Crippen molar-refractivity contribution >= 4 is 34.9 Å². The van der Waals surface area contributed by atoms with Crippen molar-refractivity contribution in [2.24, 2.45) is 0 Å². The minimum absolute atomic E-state index is 0.0654. The predicted octanol–water partition coefficient (Wildman–Crippen LogP) is 3.62. The molecule has 4 atom stereocenters. The van der Waals surface area contributed by atoms with E-state index in [0.717, 1.165) is 0 Å². The smallest absolute Gasteiger partial charge is 0.338 e. The van der Waals surface area contributed by atoms with Crippen LogP contribution in [0.3, 0.4) is 0 Å². The van der Waals surface area contributed by atoms with E-state index in [0.29, 0.717) is 10.9 Å². The molecule has 0 amide bonds. The maximum atomic E-state index is 13.4. The summed E-state index contributed by atoms with van der Waals surface area (Å²) in [6.07, 6.45) is -3.18. The Hall–Kier alpha value is -5.82. The average Bonchev–Trinajstić information content (AvgIpc) is 3.65. The number of hydrogen-bond donors (Lipinski definition) is 1. The van der Waals surface area contributed by atoms with Crippen LogP contribution >= 0.6 is 0 Å². The van der Waals surface area contributed by atoms with E-state index in [1.165, 1.54) is 18.0 Å². The molecule has 0 radical (unpaired) electrons. The molecule has 6 rings (SSSR count). The Bertz CT molecular complexity index is 1820. The highest BCUT2D eigenvalue weighted by atomic mass is 16.7. The third-order valence-electron chi connectivity index (χ3n) is 7.01. The zero-order chi connectivity index (χ0) is 31.3. The summed E-state index contributed by atoms with van der Waals surface area (Å²) in [6.45, 7) is -0.340. The molecule has 1 saturated heterocycles. The molecular weight excluding hydrogens is 582 g/mol. The number of rotatable bonds is 9. The van der Waals surface area contributed by atoms with Gasteiger partial charge in [0.15, 0.2) is 24.1 Å². The van der Waals surface area contributed by atoms with Crippen LogP contribution in [0.15, 0.2) is 97.2 Å². The fourth-order valence-electron chi connectivity index (χ4n) is 4.87. The Kier molecular flexibility index (Phi) is 8.33. The molecule has 1 aliphatic heterocycles. The molecule has 13 nitrogen and oxygen atoms in total. The predicted molar refractivity (Wildman–Crippen MR) is 158 cm³/mol. The lowest BCUT2D eigenvalue weighted by Gasteiger charge is -2.24. The summed E-state index contributed by atoms with van der Waals surface area (Å²) in [5.74, 6) is -1.91. The van der Waals surface area contributed by atoms with Crippen molar-refractivity contribution < 1.29 is 38.1 Å². The molecule has 45 heavy (non-hydrogen) atoms. The molecule has 5 aromatic rings. The number of esters is 3. The Morgan fingerprint density at radius 2 is 1.31 bits per heavy atom. The minimum atomic E-state index is -1.25. The standard InChI is InChI=1S/C32H27N5O8/c1-41-27-22-17-37(36-26(22)34-32(33)35-27)28-25(45-31(40)21-15-9-4-10-16-21)24(44-30(39)20-13-7-3-8-14-20)23(43-28)18-42-29(38)19-11-5-2-6-12-19/h2-17,23-25,28H,18H2,1H3,(H2,33,34,36)/t23-,24-,25-,28-/m1/s1. The average molecular weight is 610 g/mol. The first-order valence-corrected chi connectivity index (χ1v) is 13.9. The van der Waals surface area contributed by atoms with E-state index in [1.54, 1.807) is 91.0 Å². The summed E-state index contributed by atoms with van der Waals surface area (Å²) in [5, 5.41) is 4.89. The van der Waals surface area contributed by atoms with Gasteiger partial charge in [-0.05, 0) is 36.4 Å². The highest BCUT2D eigenvalue weighted by Crippen LogP contribution is 2.36. The van der Waals surface area contributed by atoms with Gasteiger partial charge in [0.05, 0.1) is 23.8 Å². The summed E-state index contributed by atoms with van der Waals surface area (Å²) in [7, 11) is 1.42. The Balaban J connectivity index is 1.38. The first-order valence-electron chi connectivity index (χ1n) is 13.9. The van der Waals surface area contributed by atoms with Gasteiger partial charge in [-0.25, -0.2) is 19.1 Å². The molecule has 1 aliphatic rings. The Labute approximate surface area is 256 Å². The van der Waals surface area contributed by atoms with Crippen molar-refractivity contribution in [1.82, 2.24) is 19.7 Å². The van der Waals surface area contributed by atoms with Crippen LogP contribution in [0, 0.1) is 0 Å². The Morgan fingerprint density at radius 1 is 0.778 bits per heavy atom. The van der Waals surface area contributed by atoms with Gasteiger partial charge in [-0.15, -0.1) is 5.10 Å². The van der Waals surface area contributed by atoms with Gasteiger partial charge >= 0.3 is 17.9 Å². The van der Waals surface area contributed by atoms with Gasteiger partial charge in [0.1, 0.15) is 18.1 Å². The van der Waals surface area contributed by atoms with Gasteiger partial charge in [-0.2, -0.15) is 9.97 Å². The van der Waals surface area contributed by atoms with Crippen LogP contribution in [-0.2, 0) is 18.9 Å². The van der Waals surface area contributed by atoms with Gasteiger partial charge in [0.25, 0.3) is 0 Å². The third kappa shape index (κ3) is 6.28. The SMILES string of the molecule is COc1nc(N)nc2nn([C@@H]3O[C@H](COC(=O)c4ccccc4)[C@@H](OC(=O)c4ccccc4)[C@H]3OC(=O)c3ccccc3)cc12. The van der Waals surface area contributed by atoms with Crippen LogP contribution in [0.5, 0.6) is 5.88 Å². The molecule has 3 aromatic carbocycles. The summed E-state index contributed by atoms with van der Waals surface area (Å²) in [5.41, 5.74) is 6.86. The first kappa shape index (κ1) is 29.3. The quantitative estimate of drug-likeness (QED) is 0.191. The van der Waals surface area contributed by atoms with Gasteiger partial charge in [0, 0.05) is 6.20 Å². The van der Waals surface area contributed by atoms with Crippen molar-refractivity contribution in [2.75, 3.05) is 19.5 Å². The van der Waals surface area contributed by atoms with Crippen LogP contribution in [0.1, 0.15) is 37.3 Å². The summed E-state index contributed by atoms with van der Waals surface area (Å²) < 4.78 is 30.5. The number of ether oxygens (including phenoxy) is 5. The molecule has 3 heterocycles. The zero-order valence-corrected chi connectivity index (χ0v) is 23.9. The topological polar surface area (TPSA) is 167 Å². The Morgan fingerprint density at radius 3 is 1.87 bits per heavy atom. The van der Waals surface area contributed by atoms with E-state index in [4.69, 9.17) is 29.4 Å². The van der Waals surface area contributed by atoms with Crippen molar-refractivity contribution in [3.63, 3.8) is 0 Å². The van der Waals surface area contributed by atoms with Gasteiger partial charge < -0.3 is 29.4 Å². The molecule has 2 aromatic heterocycles. The molecular formula is C32H27N5O8. The van der Waals surface area contributed by atoms with E-state index in [9.17, 15) is 14.4 Å². The highest BCUT2D eigenvalue weighted by molar-refractivity contribution is 5.91. The van der Waals surface area contributed by atoms with Crippen LogP contribution in [-0.4, -0.2) is 69.7 Å². The lowest BCUT2D eigenvalue weighted by Crippen LogP contribution is -2.41. The number of carbonyl (C=O) groups is 3. The third-order valence-corrected chi connectivity index (χ3v) is 7.01. The van der Waals surface area contributed by atoms with Crippen LogP contribution in [0.2, 0.25) is 0 Å².